The Kier molecular flexibility index (Phi) is 8.05. The minimum atomic E-state index is -4.40. The first-order valence-corrected chi connectivity index (χ1v) is 9.11. The number of rotatable bonds is 8. The first-order valence-electron chi connectivity index (χ1n) is 9.11. The Balaban J connectivity index is 1.97. The maximum atomic E-state index is 12.9. The summed E-state index contributed by atoms with van der Waals surface area (Å²) in [6, 6.07) is 6.87. The van der Waals surface area contributed by atoms with Gasteiger partial charge in [0.1, 0.15) is 0 Å². The summed E-state index contributed by atoms with van der Waals surface area (Å²) in [5.41, 5.74) is -0.286. The number of guanidine groups is 1. The first-order chi connectivity index (χ1) is 13.8. The second-order valence-electron chi connectivity index (χ2n) is 6.55. The van der Waals surface area contributed by atoms with Crippen LogP contribution in [0, 0.1) is 0 Å². The van der Waals surface area contributed by atoms with Crippen LogP contribution in [-0.4, -0.2) is 53.7 Å². The molecule has 0 radical (unpaired) electrons. The predicted octanol–water partition coefficient (Wildman–Crippen LogP) is 2.12. The minimum absolute atomic E-state index is 0.0284. The van der Waals surface area contributed by atoms with Crippen molar-refractivity contribution in [3.8, 4) is 0 Å². The fraction of sp³-hybridized carbons (Fsp3) is 0.421. The van der Waals surface area contributed by atoms with Crippen LogP contribution in [-0.2, 0) is 24.1 Å². The van der Waals surface area contributed by atoms with Crippen LogP contribution in [0.1, 0.15) is 17.5 Å². The van der Waals surface area contributed by atoms with Gasteiger partial charge in [-0.15, -0.1) is 0 Å². The Morgan fingerprint density at radius 1 is 1.24 bits per heavy atom. The molecule has 2 rings (SSSR count). The first kappa shape index (κ1) is 22.3. The zero-order chi connectivity index (χ0) is 21.3. The lowest BCUT2D eigenvalue weighted by Gasteiger charge is -2.15. The van der Waals surface area contributed by atoms with Crippen molar-refractivity contribution in [2.45, 2.75) is 25.7 Å². The van der Waals surface area contributed by atoms with Crippen molar-refractivity contribution >= 4 is 11.9 Å². The monoisotopic (exact) mass is 410 g/mol. The fourth-order valence-electron chi connectivity index (χ4n) is 2.39. The topological polar surface area (TPSA) is 74.6 Å². The molecule has 10 heteroatoms. The molecule has 0 spiro atoms. The second kappa shape index (κ2) is 10.5. The Morgan fingerprint density at radius 2 is 2.03 bits per heavy atom. The summed E-state index contributed by atoms with van der Waals surface area (Å²) in [7, 11) is 3.28. The third-order valence-corrected chi connectivity index (χ3v) is 4.00. The van der Waals surface area contributed by atoms with Gasteiger partial charge in [-0.05, 0) is 30.2 Å². The lowest BCUT2D eigenvalue weighted by Crippen LogP contribution is -2.43. The van der Waals surface area contributed by atoms with E-state index in [1.807, 2.05) is 12.3 Å². The molecule has 2 aromatic rings. The van der Waals surface area contributed by atoms with Crippen molar-refractivity contribution in [3.63, 3.8) is 0 Å². The molecule has 1 aromatic heterocycles. The summed E-state index contributed by atoms with van der Waals surface area (Å²) in [6.07, 6.45) is -0.0856. The smallest absolute Gasteiger partial charge is 0.356 e. The zero-order valence-electron chi connectivity index (χ0n) is 16.4. The van der Waals surface area contributed by atoms with Crippen LogP contribution < -0.4 is 10.6 Å². The molecule has 0 saturated heterocycles. The van der Waals surface area contributed by atoms with Crippen molar-refractivity contribution in [1.82, 2.24) is 25.3 Å². The number of amides is 1. The van der Waals surface area contributed by atoms with Gasteiger partial charge in [0.2, 0.25) is 5.91 Å². The largest absolute Gasteiger partial charge is 0.416 e. The van der Waals surface area contributed by atoms with Gasteiger partial charge in [-0.2, -0.15) is 18.3 Å². The molecule has 0 aliphatic heterocycles. The molecule has 1 heterocycles. The van der Waals surface area contributed by atoms with Crippen molar-refractivity contribution in [3.05, 3.63) is 53.9 Å². The molecule has 0 aliphatic rings. The Morgan fingerprint density at radius 3 is 2.69 bits per heavy atom. The molecule has 29 heavy (non-hydrogen) atoms. The summed E-state index contributed by atoms with van der Waals surface area (Å²) in [5.74, 6) is 0.216. The zero-order valence-corrected chi connectivity index (χ0v) is 16.4. The number of halogens is 3. The standard InChI is InChI=1S/C19H25F3N6O/c1-27(2)17(29)14-25-18(23-8-4-10-28-11-5-9-26-28)24-13-15-6-3-7-16(12-15)19(20,21)22/h3,5-7,9,11-12H,4,8,10,13-14H2,1-2H3,(H2,23,24,25). The molecule has 1 amide bonds. The van der Waals surface area contributed by atoms with Crippen LogP contribution in [0.4, 0.5) is 13.2 Å². The number of nitrogens with zero attached hydrogens (tertiary/aromatic N) is 4. The van der Waals surface area contributed by atoms with Gasteiger partial charge in [-0.3, -0.25) is 9.48 Å². The van der Waals surface area contributed by atoms with Gasteiger partial charge >= 0.3 is 6.18 Å². The Labute approximate surface area is 167 Å². The summed E-state index contributed by atoms with van der Waals surface area (Å²) >= 11 is 0. The van der Waals surface area contributed by atoms with Gasteiger partial charge in [0, 0.05) is 39.6 Å². The molecule has 1 aromatic carbocycles. The Hall–Kier alpha value is -3.04. The number of hydrogen-bond donors (Lipinski definition) is 2. The van der Waals surface area contributed by atoms with Gasteiger partial charge < -0.3 is 15.5 Å². The van der Waals surface area contributed by atoms with E-state index < -0.39 is 11.7 Å². The van der Waals surface area contributed by atoms with E-state index in [9.17, 15) is 18.0 Å². The molecule has 0 atom stereocenters. The van der Waals surface area contributed by atoms with Crippen LogP contribution in [0.2, 0.25) is 0 Å². The molecule has 0 saturated carbocycles. The fourth-order valence-corrected chi connectivity index (χ4v) is 2.39. The number of aryl methyl sites for hydroxylation is 1. The lowest BCUT2D eigenvalue weighted by molar-refractivity contribution is -0.137. The second-order valence-corrected chi connectivity index (χ2v) is 6.55. The van der Waals surface area contributed by atoms with E-state index in [0.717, 1.165) is 18.6 Å². The van der Waals surface area contributed by atoms with Crippen LogP contribution in [0.15, 0.2) is 47.7 Å². The number of alkyl halides is 3. The molecule has 0 aliphatic carbocycles. The van der Waals surface area contributed by atoms with Crippen molar-refractivity contribution in [2.75, 3.05) is 27.2 Å². The summed E-state index contributed by atoms with van der Waals surface area (Å²) in [6.45, 7) is 1.34. The highest BCUT2D eigenvalue weighted by molar-refractivity contribution is 5.86. The number of aromatic nitrogens is 2. The molecule has 7 nitrogen and oxygen atoms in total. The third-order valence-electron chi connectivity index (χ3n) is 4.00. The highest BCUT2D eigenvalue weighted by Gasteiger charge is 2.30. The molecule has 158 valence electrons. The number of nitrogens with one attached hydrogen (secondary N) is 2. The van der Waals surface area contributed by atoms with Gasteiger partial charge in [0.05, 0.1) is 18.7 Å². The molecule has 0 bridgehead atoms. The highest BCUT2D eigenvalue weighted by atomic mass is 19.4. The van der Waals surface area contributed by atoms with E-state index in [1.165, 1.54) is 11.0 Å². The van der Waals surface area contributed by atoms with Gasteiger partial charge in [-0.25, -0.2) is 4.99 Å². The van der Waals surface area contributed by atoms with Crippen LogP contribution in [0.5, 0.6) is 0 Å². The molecular formula is C19H25F3N6O. The molecular weight excluding hydrogens is 385 g/mol. The number of carbonyl (C=O) groups excluding carboxylic acids is 1. The Bertz CT molecular complexity index is 803. The van der Waals surface area contributed by atoms with E-state index in [0.29, 0.717) is 24.6 Å². The number of benzene rings is 1. The maximum Gasteiger partial charge on any atom is 0.416 e. The third kappa shape index (κ3) is 7.84. The number of carbonyl (C=O) groups is 1. The average molecular weight is 410 g/mol. The molecule has 0 unspecified atom stereocenters. The normalized spacial score (nSPS) is 12.0. The number of likely N-dealkylation sites (N-methyl/N-ethyl adjacent to an activating group) is 1. The maximum absolute atomic E-state index is 12.9. The van der Waals surface area contributed by atoms with E-state index in [-0.39, 0.29) is 19.0 Å². The lowest BCUT2D eigenvalue weighted by atomic mass is 10.1. The van der Waals surface area contributed by atoms with Gasteiger partial charge in [-0.1, -0.05) is 12.1 Å². The number of aliphatic imine (C=N–C) groups is 1. The molecule has 2 N–H and O–H groups in total. The summed E-state index contributed by atoms with van der Waals surface area (Å²) < 4.78 is 40.4. The van der Waals surface area contributed by atoms with Crippen molar-refractivity contribution in [2.24, 2.45) is 4.99 Å². The minimum Gasteiger partial charge on any atom is -0.356 e. The quantitative estimate of drug-likeness (QED) is 0.397. The predicted molar refractivity (Wildman–Crippen MR) is 104 cm³/mol. The average Bonchev–Trinajstić information content (AvgIpc) is 3.19. The summed E-state index contributed by atoms with van der Waals surface area (Å²) in [5, 5.41) is 10.1. The van der Waals surface area contributed by atoms with E-state index in [4.69, 9.17) is 0 Å². The van der Waals surface area contributed by atoms with Crippen LogP contribution >= 0.6 is 0 Å². The SMILES string of the molecule is CN(C)C(=O)CNC(=NCc1cccc(C(F)(F)F)c1)NCCCn1cccn1. The van der Waals surface area contributed by atoms with Crippen LogP contribution in [0.25, 0.3) is 0 Å². The van der Waals surface area contributed by atoms with Crippen LogP contribution in [0.3, 0.4) is 0 Å². The van der Waals surface area contributed by atoms with E-state index >= 15 is 0 Å². The summed E-state index contributed by atoms with van der Waals surface area (Å²) in [4.78, 5) is 17.6. The van der Waals surface area contributed by atoms with Gasteiger partial charge in [0.15, 0.2) is 5.96 Å². The number of hydrogen-bond acceptors (Lipinski definition) is 3. The van der Waals surface area contributed by atoms with Gasteiger partial charge in [0.25, 0.3) is 0 Å². The highest BCUT2D eigenvalue weighted by Crippen LogP contribution is 2.29. The molecule has 0 fully saturated rings. The van der Waals surface area contributed by atoms with Crippen molar-refractivity contribution < 1.29 is 18.0 Å². The van der Waals surface area contributed by atoms with E-state index in [1.54, 1.807) is 31.0 Å². The van der Waals surface area contributed by atoms with Crippen molar-refractivity contribution in [1.29, 1.82) is 0 Å². The van der Waals surface area contributed by atoms with E-state index in [2.05, 4.69) is 20.7 Å².